The second-order valence-corrected chi connectivity index (χ2v) is 3.93. The minimum atomic E-state index is -0.579. The van der Waals surface area contributed by atoms with E-state index in [1.54, 1.807) is 0 Å². The molecule has 0 bridgehead atoms. The lowest BCUT2D eigenvalue weighted by Gasteiger charge is -2.19. The van der Waals surface area contributed by atoms with Gasteiger partial charge in [0, 0.05) is 25.4 Å². The smallest absolute Gasteiger partial charge is 0.261 e. The fraction of sp³-hybridized carbons (Fsp3) is 0.500. The summed E-state index contributed by atoms with van der Waals surface area (Å²) in [7, 11) is 2.95. The number of methoxy groups -OCH3 is 2. The lowest BCUT2D eigenvalue weighted by atomic mass is 10.0. The van der Waals surface area contributed by atoms with Crippen LogP contribution in [0.2, 0.25) is 0 Å². The fourth-order valence-electron chi connectivity index (χ4n) is 2.02. The zero-order chi connectivity index (χ0) is 12.4. The quantitative estimate of drug-likeness (QED) is 0.531. The van der Waals surface area contributed by atoms with Crippen LogP contribution >= 0.6 is 0 Å². The van der Waals surface area contributed by atoms with Gasteiger partial charge in [-0.1, -0.05) is 12.2 Å². The number of imide groups is 1. The highest BCUT2D eigenvalue weighted by molar-refractivity contribution is 6.24. The minimum Gasteiger partial charge on any atom is -0.354 e. The average molecular weight is 237 g/mol. The van der Waals surface area contributed by atoms with E-state index in [1.165, 1.54) is 19.1 Å². The highest BCUT2D eigenvalue weighted by Gasteiger charge is 2.40. The van der Waals surface area contributed by atoms with Crippen molar-refractivity contribution < 1.29 is 19.1 Å². The van der Waals surface area contributed by atoms with Gasteiger partial charge >= 0.3 is 0 Å². The first-order valence-corrected chi connectivity index (χ1v) is 5.51. The van der Waals surface area contributed by atoms with Crippen LogP contribution in [0.4, 0.5) is 0 Å². The molecule has 2 rings (SSSR count). The number of amides is 2. The van der Waals surface area contributed by atoms with E-state index in [0.29, 0.717) is 11.1 Å². The first-order valence-electron chi connectivity index (χ1n) is 5.51. The third-order valence-corrected chi connectivity index (χ3v) is 2.96. The predicted octanol–water partition coefficient (Wildman–Crippen LogP) is 0.621. The standard InChI is InChI=1S/C12H15NO4/c1-16-10(17-2)7-13-11(14)8-5-3-4-6-9(8)12(13)15/h5-6,10H,3-4,7H2,1-2H3. The van der Waals surface area contributed by atoms with Crippen molar-refractivity contribution in [2.45, 2.75) is 19.1 Å². The molecule has 0 spiro atoms. The Kier molecular flexibility index (Phi) is 3.40. The van der Waals surface area contributed by atoms with Gasteiger partial charge in [-0.25, -0.2) is 0 Å². The normalized spacial score (nSPS) is 19.6. The van der Waals surface area contributed by atoms with Crippen molar-refractivity contribution in [2.24, 2.45) is 0 Å². The second-order valence-electron chi connectivity index (χ2n) is 3.93. The molecule has 1 saturated heterocycles. The molecule has 92 valence electrons. The number of hydrogen-bond donors (Lipinski definition) is 0. The molecule has 0 aromatic rings. The molecule has 0 saturated carbocycles. The Hall–Kier alpha value is -1.46. The van der Waals surface area contributed by atoms with Crippen molar-refractivity contribution in [3.63, 3.8) is 0 Å². The molecule has 1 aliphatic carbocycles. The van der Waals surface area contributed by atoms with E-state index in [1.807, 2.05) is 12.2 Å². The van der Waals surface area contributed by atoms with Gasteiger partial charge in [0.05, 0.1) is 6.54 Å². The fourth-order valence-corrected chi connectivity index (χ4v) is 2.02. The molecule has 0 aromatic heterocycles. The van der Waals surface area contributed by atoms with E-state index in [0.717, 1.165) is 12.8 Å². The van der Waals surface area contributed by atoms with Crippen molar-refractivity contribution in [2.75, 3.05) is 20.8 Å². The number of carbonyl (C=O) groups is 2. The third kappa shape index (κ3) is 2.03. The highest BCUT2D eigenvalue weighted by Crippen LogP contribution is 2.29. The molecule has 1 fully saturated rings. The molecule has 1 aliphatic heterocycles. The number of nitrogens with zero attached hydrogens (tertiary/aromatic N) is 1. The largest absolute Gasteiger partial charge is 0.354 e. The maximum Gasteiger partial charge on any atom is 0.261 e. The number of allylic oxidation sites excluding steroid dienone is 2. The zero-order valence-electron chi connectivity index (χ0n) is 9.93. The Balaban J connectivity index is 2.20. The summed E-state index contributed by atoms with van der Waals surface area (Å²) in [5.74, 6) is -0.500. The topological polar surface area (TPSA) is 55.8 Å². The third-order valence-electron chi connectivity index (χ3n) is 2.96. The van der Waals surface area contributed by atoms with Gasteiger partial charge in [-0.3, -0.25) is 14.5 Å². The molecule has 2 aliphatic rings. The molecular weight excluding hydrogens is 222 g/mol. The number of ether oxygens (including phenoxy) is 2. The summed E-state index contributed by atoms with van der Waals surface area (Å²) in [4.78, 5) is 25.2. The van der Waals surface area contributed by atoms with Crippen LogP contribution in [-0.4, -0.2) is 43.8 Å². The molecule has 0 radical (unpaired) electrons. The van der Waals surface area contributed by atoms with Crippen LogP contribution in [0.15, 0.2) is 23.3 Å². The van der Waals surface area contributed by atoms with Gasteiger partial charge < -0.3 is 9.47 Å². The highest BCUT2D eigenvalue weighted by atomic mass is 16.7. The van der Waals surface area contributed by atoms with Crippen LogP contribution in [0, 0.1) is 0 Å². The summed E-state index contributed by atoms with van der Waals surface area (Å²) >= 11 is 0. The Morgan fingerprint density at radius 2 is 1.59 bits per heavy atom. The molecule has 0 aromatic carbocycles. The van der Waals surface area contributed by atoms with Gasteiger partial charge in [-0.2, -0.15) is 0 Å². The molecule has 1 heterocycles. The first kappa shape index (κ1) is 12.0. The van der Waals surface area contributed by atoms with E-state index >= 15 is 0 Å². The Morgan fingerprint density at radius 1 is 1.12 bits per heavy atom. The van der Waals surface area contributed by atoms with Crippen LogP contribution in [0.1, 0.15) is 12.8 Å². The molecule has 2 amide bonds. The number of fused-ring (bicyclic) bond motifs is 1. The van der Waals surface area contributed by atoms with E-state index in [2.05, 4.69) is 0 Å². The Morgan fingerprint density at radius 3 is 2.00 bits per heavy atom. The van der Waals surface area contributed by atoms with E-state index < -0.39 is 6.29 Å². The van der Waals surface area contributed by atoms with Crippen molar-refractivity contribution in [1.82, 2.24) is 4.90 Å². The van der Waals surface area contributed by atoms with Crippen LogP contribution in [0.25, 0.3) is 0 Å². The summed E-state index contributed by atoms with van der Waals surface area (Å²) in [6.45, 7) is 0.124. The molecule has 0 atom stereocenters. The van der Waals surface area contributed by atoms with Crippen LogP contribution < -0.4 is 0 Å². The van der Waals surface area contributed by atoms with Crippen molar-refractivity contribution in [3.8, 4) is 0 Å². The van der Waals surface area contributed by atoms with Gasteiger partial charge in [-0.15, -0.1) is 0 Å². The van der Waals surface area contributed by atoms with Crippen LogP contribution in [0.3, 0.4) is 0 Å². The lowest BCUT2D eigenvalue weighted by molar-refractivity contribution is -0.150. The van der Waals surface area contributed by atoms with E-state index in [-0.39, 0.29) is 18.4 Å². The number of rotatable bonds is 4. The van der Waals surface area contributed by atoms with E-state index in [4.69, 9.17) is 9.47 Å². The molecule has 5 heteroatoms. The summed E-state index contributed by atoms with van der Waals surface area (Å²) in [6.07, 6.45) is 4.69. The summed E-state index contributed by atoms with van der Waals surface area (Å²) in [6, 6.07) is 0. The predicted molar refractivity (Wildman–Crippen MR) is 59.9 cm³/mol. The zero-order valence-corrected chi connectivity index (χ0v) is 9.93. The lowest BCUT2D eigenvalue weighted by Crippen LogP contribution is -2.38. The minimum absolute atomic E-state index is 0.124. The SMILES string of the molecule is COC(CN1C(=O)C2=CCCC=C2C1=O)OC. The molecular formula is C12H15NO4. The Bertz CT molecular complexity index is 375. The number of carbonyl (C=O) groups excluding carboxylic acids is 2. The number of hydrogen-bond acceptors (Lipinski definition) is 4. The van der Waals surface area contributed by atoms with Gasteiger partial charge in [0.1, 0.15) is 0 Å². The maximum absolute atomic E-state index is 12.0. The van der Waals surface area contributed by atoms with Gasteiger partial charge in [-0.05, 0) is 12.8 Å². The van der Waals surface area contributed by atoms with Crippen LogP contribution in [0.5, 0.6) is 0 Å². The molecule has 0 unspecified atom stereocenters. The van der Waals surface area contributed by atoms with Crippen molar-refractivity contribution >= 4 is 11.8 Å². The Labute approximate surface area is 99.7 Å². The summed E-state index contributed by atoms with van der Waals surface area (Å²) in [5.41, 5.74) is 1.04. The van der Waals surface area contributed by atoms with Gasteiger partial charge in [0.2, 0.25) is 0 Å². The number of likely N-dealkylation sites (tertiary alicyclic amines) is 1. The van der Waals surface area contributed by atoms with Gasteiger partial charge in [0.25, 0.3) is 11.8 Å². The van der Waals surface area contributed by atoms with Crippen LogP contribution in [-0.2, 0) is 19.1 Å². The monoisotopic (exact) mass is 237 g/mol. The maximum atomic E-state index is 12.0. The van der Waals surface area contributed by atoms with Gasteiger partial charge in [0.15, 0.2) is 6.29 Å². The molecule has 5 nitrogen and oxygen atoms in total. The van der Waals surface area contributed by atoms with Crippen molar-refractivity contribution in [1.29, 1.82) is 0 Å². The molecule has 17 heavy (non-hydrogen) atoms. The molecule has 0 N–H and O–H groups in total. The second kappa shape index (κ2) is 4.81. The van der Waals surface area contributed by atoms with E-state index in [9.17, 15) is 9.59 Å². The van der Waals surface area contributed by atoms with Crippen molar-refractivity contribution in [3.05, 3.63) is 23.3 Å². The first-order chi connectivity index (χ1) is 8.19. The summed E-state index contributed by atoms with van der Waals surface area (Å²) < 4.78 is 10.0. The average Bonchev–Trinajstić information content (AvgIpc) is 2.61. The summed E-state index contributed by atoms with van der Waals surface area (Å²) in [5, 5.41) is 0.